The van der Waals surface area contributed by atoms with Crippen molar-refractivity contribution in [3.8, 4) is 5.75 Å². The first kappa shape index (κ1) is 23.7. The Balaban J connectivity index is 1.70. The molecule has 0 aliphatic carbocycles. The third kappa shape index (κ3) is 5.86. The molecule has 0 aromatic heterocycles. The highest BCUT2D eigenvalue weighted by Crippen LogP contribution is 2.28. The Hall–Kier alpha value is -2.92. The van der Waals surface area contributed by atoms with Crippen LogP contribution in [0.4, 0.5) is 23.2 Å². The first-order chi connectivity index (χ1) is 15.0. The van der Waals surface area contributed by atoms with Gasteiger partial charge in [-0.3, -0.25) is 19.8 Å². The van der Waals surface area contributed by atoms with E-state index in [1.807, 2.05) is 4.90 Å². The molecule has 0 unspecified atom stereocenters. The molecule has 0 radical (unpaired) electrons. The van der Waals surface area contributed by atoms with E-state index in [0.717, 1.165) is 18.2 Å². The van der Waals surface area contributed by atoms with Gasteiger partial charge in [0, 0.05) is 49.4 Å². The molecule has 0 saturated carbocycles. The number of hydrogen-bond acceptors (Lipinski definition) is 5. The average Bonchev–Trinajstić information content (AvgIpc) is 2.74. The Kier molecular flexibility index (Phi) is 7.19. The number of amides is 1. The van der Waals surface area contributed by atoms with Gasteiger partial charge in [0.2, 0.25) is 0 Å². The molecule has 2 aromatic rings. The van der Waals surface area contributed by atoms with Gasteiger partial charge < -0.3 is 9.64 Å². The van der Waals surface area contributed by atoms with Gasteiger partial charge >= 0.3 is 6.18 Å². The topological polar surface area (TPSA) is 75.9 Å². The normalized spacial score (nSPS) is 15.0. The minimum absolute atomic E-state index is 0.190. The highest BCUT2D eigenvalue weighted by Gasteiger charge is 2.31. The molecule has 1 aliphatic heterocycles. The van der Waals surface area contributed by atoms with Crippen LogP contribution in [0.5, 0.6) is 5.75 Å². The van der Waals surface area contributed by atoms with Crippen molar-refractivity contribution in [2.75, 3.05) is 32.8 Å². The molecule has 1 fully saturated rings. The summed E-state index contributed by atoms with van der Waals surface area (Å²) in [7, 11) is 0. The summed E-state index contributed by atoms with van der Waals surface area (Å²) in [4.78, 5) is 26.7. The number of ether oxygens (including phenoxy) is 1. The molecule has 0 N–H and O–H groups in total. The number of nitro benzene ring substituents is 1. The van der Waals surface area contributed by atoms with Crippen molar-refractivity contribution in [1.82, 2.24) is 9.80 Å². The Labute approximate surface area is 185 Å². The zero-order valence-corrected chi connectivity index (χ0v) is 17.3. The number of halogens is 5. The lowest BCUT2D eigenvalue weighted by molar-refractivity contribution is -0.385. The van der Waals surface area contributed by atoms with E-state index in [9.17, 15) is 32.5 Å². The lowest BCUT2D eigenvalue weighted by atomic mass is 10.1. The summed E-state index contributed by atoms with van der Waals surface area (Å²) < 4.78 is 55.8. The van der Waals surface area contributed by atoms with Crippen LogP contribution in [0.25, 0.3) is 0 Å². The smallest absolute Gasteiger partial charge is 0.422 e. The second kappa shape index (κ2) is 9.70. The van der Waals surface area contributed by atoms with E-state index < -0.39 is 35.1 Å². The van der Waals surface area contributed by atoms with E-state index >= 15 is 0 Å². The van der Waals surface area contributed by atoms with E-state index in [0.29, 0.717) is 18.7 Å². The predicted molar refractivity (Wildman–Crippen MR) is 107 cm³/mol. The van der Waals surface area contributed by atoms with Crippen LogP contribution in [0.2, 0.25) is 5.02 Å². The molecule has 12 heteroatoms. The molecule has 0 atom stereocenters. The zero-order chi connectivity index (χ0) is 23.5. The molecule has 172 valence electrons. The fourth-order valence-electron chi connectivity index (χ4n) is 3.29. The van der Waals surface area contributed by atoms with Crippen molar-refractivity contribution in [3.63, 3.8) is 0 Å². The maximum absolute atomic E-state index is 14.0. The molecular weight excluding hydrogens is 458 g/mol. The second-order valence-electron chi connectivity index (χ2n) is 7.11. The minimum atomic E-state index is -4.59. The summed E-state index contributed by atoms with van der Waals surface area (Å²) in [5.41, 5.74) is -0.561. The number of piperazine rings is 1. The van der Waals surface area contributed by atoms with Gasteiger partial charge in [-0.15, -0.1) is 0 Å². The highest BCUT2D eigenvalue weighted by atomic mass is 35.5. The molecule has 1 amide bonds. The van der Waals surface area contributed by atoms with Gasteiger partial charge in [0.25, 0.3) is 11.6 Å². The molecule has 0 spiro atoms. The van der Waals surface area contributed by atoms with Crippen molar-refractivity contribution in [1.29, 1.82) is 0 Å². The quantitative estimate of drug-likeness (QED) is 0.354. The summed E-state index contributed by atoms with van der Waals surface area (Å²) >= 11 is 6.05. The van der Waals surface area contributed by atoms with Gasteiger partial charge in [-0.1, -0.05) is 17.7 Å². The Morgan fingerprint density at radius 1 is 1.16 bits per heavy atom. The van der Waals surface area contributed by atoms with Gasteiger partial charge in [0.1, 0.15) is 17.1 Å². The lowest BCUT2D eigenvalue weighted by Gasteiger charge is -2.35. The monoisotopic (exact) mass is 475 g/mol. The maximum atomic E-state index is 14.0. The van der Waals surface area contributed by atoms with Gasteiger partial charge in [0.15, 0.2) is 6.61 Å². The standard InChI is InChI=1S/C20H18ClF4N3O4/c21-16-2-1-3-17(22)15(16)11-26-6-8-27(9-7-26)19(29)14-10-13(32-12-20(23,24)25)4-5-18(14)28(30)31/h1-5,10H,6-9,11-12H2. The number of carbonyl (C=O) groups is 1. The van der Waals surface area contributed by atoms with Gasteiger partial charge in [-0.25, -0.2) is 4.39 Å². The summed E-state index contributed by atoms with van der Waals surface area (Å²) in [5.74, 6) is -1.44. The van der Waals surface area contributed by atoms with Crippen LogP contribution in [-0.2, 0) is 6.54 Å². The number of nitro groups is 1. The molecule has 7 nitrogen and oxygen atoms in total. The van der Waals surface area contributed by atoms with Crippen molar-refractivity contribution >= 4 is 23.2 Å². The fraction of sp³-hybridized carbons (Fsp3) is 0.350. The van der Waals surface area contributed by atoms with Crippen LogP contribution >= 0.6 is 11.6 Å². The van der Waals surface area contributed by atoms with Crippen LogP contribution in [0.3, 0.4) is 0 Å². The summed E-state index contributed by atoms with van der Waals surface area (Å²) in [5, 5.41) is 11.6. The van der Waals surface area contributed by atoms with Crippen LogP contribution in [0.1, 0.15) is 15.9 Å². The number of carbonyl (C=O) groups excluding carboxylic acids is 1. The molecule has 3 rings (SSSR count). The molecule has 1 aliphatic rings. The molecule has 32 heavy (non-hydrogen) atoms. The van der Waals surface area contributed by atoms with E-state index in [-0.39, 0.29) is 36.0 Å². The van der Waals surface area contributed by atoms with Crippen molar-refractivity contribution in [2.24, 2.45) is 0 Å². The van der Waals surface area contributed by atoms with Crippen LogP contribution in [0.15, 0.2) is 36.4 Å². The maximum Gasteiger partial charge on any atom is 0.422 e. The van der Waals surface area contributed by atoms with E-state index in [2.05, 4.69) is 4.74 Å². The number of benzene rings is 2. The summed E-state index contributed by atoms with van der Waals surface area (Å²) in [6, 6.07) is 7.27. The Bertz CT molecular complexity index is 991. The summed E-state index contributed by atoms with van der Waals surface area (Å²) in [6.07, 6.45) is -4.59. The molecule has 2 aromatic carbocycles. The van der Waals surface area contributed by atoms with Gasteiger partial charge in [-0.05, 0) is 24.3 Å². The zero-order valence-electron chi connectivity index (χ0n) is 16.6. The van der Waals surface area contributed by atoms with Crippen LogP contribution in [0, 0.1) is 15.9 Å². The number of hydrogen-bond donors (Lipinski definition) is 0. The summed E-state index contributed by atoms with van der Waals surface area (Å²) in [6.45, 7) is -0.265. The van der Waals surface area contributed by atoms with E-state index in [4.69, 9.17) is 11.6 Å². The number of nitrogens with zero attached hydrogens (tertiary/aromatic N) is 3. The van der Waals surface area contributed by atoms with Crippen molar-refractivity contribution in [3.05, 3.63) is 68.5 Å². The number of alkyl halides is 3. The third-order valence-electron chi connectivity index (χ3n) is 4.90. The van der Waals surface area contributed by atoms with Crippen molar-refractivity contribution in [2.45, 2.75) is 12.7 Å². The molecule has 1 heterocycles. The highest BCUT2D eigenvalue weighted by molar-refractivity contribution is 6.31. The average molecular weight is 476 g/mol. The Morgan fingerprint density at radius 2 is 1.84 bits per heavy atom. The molecule has 1 saturated heterocycles. The number of rotatable bonds is 6. The van der Waals surface area contributed by atoms with E-state index in [1.54, 1.807) is 6.07 Å². The predicted octanol–water partition coefficient (Wildman–Crippen LogP) is 4.29. The van der Waals surface area contributed by atoms with E-state index in [1.165, 1.54) is 17.0 Å². The minimum Gasteiger partial charge on any atom is -0.484 e. The molecule has 0 bridgehead atoms. The van der Waals surface area contributed by atoms with Gasteiger partial charge in [0.05, 0.1) is 4.92 Å². The Morgan fingerprint density at radius 3 is 2.44 bits per heavy atom. The van der Waals surface area contributed by atoms with Gasteiger partial charge in [-0.2, -0.15) is 13.2 Å². The first-order valence-electron chi connectivity index (χ1n) is 9.47. The van der Waals surface area contributed by atoms with Crippen LogP contribution < -0.4 is 4.74 Å². The molecular formula is C20H18ClF4N3O4. The lowest BCUT2D eigenvalue weighted by Crippen LogP contribution is -2.48. The van der Waals surface area contributed by atoms with Crippen LogP contribution in [-0.4, -0.2) is 59.6 Å². The second-order valence-corrected chi connectivity index (χ2v) is 7.52. The SMILES string of the molecule is O=C(c1cc(OCC(F)(F)F)ccc1[N+](=O)[O-])N1CCN(Cc2c(F)cccc2Cl)CC1. The fourth-order valence-corrected chi connectivity index (χ4v) is 3.51. The third-order valence-corrected chi connectivity index (χ3v) is 5.25. The first-order valence-corrected chi connectivity index (χ1v) is 9.85. The largest absolute Gasteiger partial charge is 0.484 e. The van der Waals surface area contributed by atoms with Crippen molar-refractivity contribution < 1.29 is 32.0 Å².